The van der Waals surface area contributed by atoms with Gasteiger partial charge in [-0.2, -0.15) is 4.68 Å². The Balaban J connectivity index is 1.31. The zero-order chi connectivity index (χ0) is 25.1. The maximum Gasteiger partial charge on any atom is 0.573 e. The van der Waals surface area contributed by atoms with Crippen molar-refractivity contribution in [2.24, 2.45) is 5.92 Å². The van der Waals surface area contributed by atoms with Crippen molar-refractivity contribution in [3.63, 3.8) is 0 Å². The minimum Gasteiger partial charge on any atom is -0.406 e. The van der Waals surface area contributed by atoms with Crippen molar-refractivity contribution in [1.29, 1.82) is 0 Å². The first-order chi connectivity index (χ1) is 17.3. The van der Waals surface area contributed by atoms with E-state index in [1.807, 2.05) is 23.1 Å². The van der Waals surface area contributed by atoms with Crippen LogP contribution in [0.3, 0.4) is 0 Å². The van der Waals surface area contributed by atoms with Gasteiger partial charge in [-0.1, -0.05) is 35.5 Å². The molecule has 1 saturated heterocycles. The van der Waals surface area contributed by atoms with Gasteiger partial charge in [-0.25, -0.2) is 4.79 Å². The normalized spacial score (nSPS) is 20.4. The van der Waals surface area contributed by atoms with Gasteiger partial charge in [-0.15, -0.1) is 18.3 Å². The molecule has 3 aromatic rings. The van der Waals surface area contributed by atoms with E-state index in [9.17, 15) is 18.0 Å². The second-order valence-electron chi connectivity index (χ2n) is 9.38. The Bertz CT molecular complexity index is 1160. The molecule has 1 aliphatic heterocycles. The second-order valence-corrected chi connectivity index (χ2v) is 9.38. The number of rotatable bonds is 7. The van der Waals surface area contributed by atoms with E-state index in [2.05, 4.69) is 27.2 Å². The largest absolute Gasteiger partial charge is 0.573 e. The molecule has 0 spiro atoms. The molecule has 2 heterocycles. The summed E-state index contributed by atoms with van der Waals surface area (Å²) in [6.07, 6.45) is 1.56. The molecule has 0 N–H and O–H groups in total. The first kappa shape index (κ1) is 24.3. The van der Waals surface area contributed by atoms with Crippen LogP contribution in [-0.2, 0) is 11.2 Å². The van der Waals surface area contributed by atoms with Crippen LogP contribution in [0.5, 0.6) is 5.75 Å². The highest BCUT2D eigenvalue weighted by molar-refractivity contribution is 5.77. The fraction of sp³-hybridized carbons (Fsp3) is 0.423. The Labute approximate surface area is 206 Å². The molecule has 1 aliphatic carbocycles. The van der Waals surface area contributed by atoms with E-state index < -0.39 is 6.36 Å². The molecule has 2 atom stereocenters. The molecule has 190 valence electrons. The van der Waals surface area contributed by atoms with Gasteiger partial charge in [-0.05, 0) is 67.9 Å². The SMILES string of the molecule is O=C(N1C[C@H](OCC2CC2)CC[C@@H]1Cc1ccccc1)n1cc(-c2ccc(OC(F)(F)F)cc2)nn1. The molecule has 5 rings (SSSR count). The molecule has 1 aromatic heterocycles. The van der Waals surface area contributed by atoms with Crippen LogP contribution in [0.2, 0.25) is 0 Å². The van der Waals surface area contributed by atoms with Crippen molar-refractivity contribution >= 4 is 6.03 Å². The molecule has 36 heavy (non-hydrogen) atoms. The summed E-state index contributed by atoms with van der Waals surface area (Å²) in [5, 5.41) is 8.10. The summed E-state index contributed by atoms with van der Waals surface area (Å²) >= 11 is 0. The molecule has 10 heteroatoms. The number of hydrogen-bond acceptors (Lipinski definition) is 5. The van der Waals surface area contributed by atoms with Gasteiger partial charge in [0.05, 0.1) is 12.3 Å². The monoisotopic (exact) mass is 500 g/mol. The molecule has 1 saturated carbocycles. The molecule has 0 bridgehead atoms. The fourth-order valence-corrected chi connectivity index (χ4v) is 4.47. The van der Waals surface area contributed by atoms with Crippen LogP contribution in [-0.4, -0.2) is 57.6 Å². The molecule has 7 nitrogen and oxygen atoms in total. The third kappa shape index (κ3) is 6.23. The Morgan fingerprint density at radius 1 is 1.00 bits per heavy atom. The molecule has 2 aromatic carbocycles. The first-order valence-corrected chi connectivity index (χ1v) is 12.1. The van der Waals surface area contributed by atoms with Crippen LogP contribution in [0.1, 0.15) is 31.2 Å². The Morgan fingerprint density at radius 3 is 2.44 bits per heavy atom. The van der Waals surface area contributed by atoms with Gasteiger partial charge in [0.1, 0.15) is 11.4 Å². The van der Waals surface area contributed by atoms with E-state index >= 15 is 0 Å². The predicted molar refractivity (Wildman–Crippen MR) is 125 cm³/mol. The molecule has 0 radical (unpaired) electrons. The van der Waals surface area contributed by atoms with E-state index in [0.29, 0.717) is 23.7 Å². The van der Waals surface area contributed by atoms with Crippen molar-refractivity contribution in [3.05, 3.63) is 66.4 Å². The lowest BCUT2D eigenvalue weighted by Crippen LogP contribution is -2.52. The standard InChI is InChI=1S/C26H27F3N4O3/c27-26(28,29)36-22-11-8-20(9-12-22)24-16-33(31-30-24)25(34)32-15-23(35-17-19-6-7-19)13-10-21(32)14-18-4-2-1-3-5-18/h1-5,8-9,11-12,16,19,21,23H,6-7,10,13-15,17H2/t21-,23-/m1/s1. The summed E-state index contributed by atoms with van der Waals surface area (Å²) in [4.78, 5) is 15.3. The van der Waals surface area contributed by atoms with Crippen molar-refractivity contribution in [1.82, 2.24) is 19.9 Å². The number of piperidine rings is 1. The topological polar surface area (TPSA) is 69.5 Å². The van der Waals surface area contributed by atoms with E-state index in [1.165, 1.54) is 48.0 Å². The summed E-state index contributed by atoms with van der Waals surface area (Å²) in [7, 11) is 0. The Kier molecular flexibility index (Phi) is 6.95. The van der Waals surface area contributed by atoms with Crippen LogP contribution in [0, 0.1) is 5.92 Å². The summed E-state index contributed by atoms with van der Waals surface area (Å²) < 4.78 is 48.5. The lowest BCUT2D eigenvalue weighted by Gasteiger charge is -2.39. The maximum absolute atomic E-state index is 13.5. The third-order valence-electron chi connectivity index (χ3n) is 6.56. The van der Waals surface area contributed by atoms with Gasteiger partial charge in [-0.3, -0.25) is 0 Å². The number of alkyl halides is 3. The fourth-order valence-electron chi connectivity index (χ4n) is 4.47. The average Bonchev–Trinajstić information content (AvgIpc) is 3.57. The minimum atomic E-state index is -4.76. The van der Waals surface area contributed by atoms with E-state index in [0.717, 1.165) is 31.4 Å². The smallest absolute Gasteiger partial charge is 0.406 e. The summed E-state index contributed by atoms with van der Waals surface area (Å²) in [5.41, 5.74) is 2.05. The van der Waals surface area contributed by atoms with Gasteiger partial charge in [0, 0.05) is 24.8 Å². The number of nitrogens with zero attached hydrogens (tertiary/aromatic N) is 4. The predicted octanol–water partition coefficient (Wildman–Crippen LogP) is 5.31. The first-order valence-electron chi connectivity index (χ1n) is 12.1. The molecule has 2 aliphatic rings. The van der Waals surface area contributed by atoms with E-state index in [4.69, 9.17) is 4.74 Å². The number of ether oxygens (including phenoxy) is 2. The highest BCUT2D eigenvalue weighted by Crippen LogP contribution is 2.31. The lowest BCUT2D eigenvalue weighted by molar-refractivity contribution is -0.274. The summed E-state index contributed by atoms with van der Waals surface area (Å²) in [6, 6.07) is 15.0. The van der Waals surface area contributed by atoms with Crippen molar-refractivity contribution in [3.8, 4) is 17.0 Å². The number of benzene rings is 2. The van der Waals surface area contributed by atoms with Gasteiger partial charge in [0.15, 0.2) is 0 Å². The highest BCUT2D eigenvalue weighted by Gasteiger charge is 2.35. The van der Waals surface area contributed by atoms with Crippen molar-refractivity contribution in [2.75, 3.05) is 13.2 Å². The average molecular weight is 501 g/mol. The van der Waals surface area contributed by atoms with Crippen LogP contribution >= 0.6 is 0 Å². The Morgan fingerprint density at radius 2 is 1.75 bits per heavy atom. The summed E-state index contributed by atoms with van der Waals surface area (Å²) in [5.74, 6) is 0.311. The van der Waals surface area contributed by atoms with E-state index in [-0.39, 0.29) is 23.9 Å². The van der Waals surface area contributed by atoms with Crippen LogP contribution in [0.4, 0.5) is 18.0 Å². The number of halogens is 3. The number of carbonyl (C=O) groups excluding carboxylic acids is 1. The molecule has 2 fully saturated rings. The molecular weight excluding hydrogens is 473 g/mol. The number of amides is 1. The van der Waals surface area contributed by atoms with Crippen LogP contribution < -0.4 is 4.74 Å². The highest BCUT2D eigenvalue weighted by atomic mass is 19.4. The zero-order valence-electron chi connectivity index (χ0n) is 19.6. The van der Waals surface area contributed by atoms with Gasteiger partial charge < -0.3 is 14.4 Å². The molecule has 0 unspecified atom stereocenters. The second kappa shape index (κ2) is 10.3. The van der Waals surface area contributed by atoms with Crippen LogP contribution in [0.15, 0.2) is 60.8 Å². The van der Waals surface area contributed by atoms with Gasteiger partial charge in [0.2, 0.25) is 0 Å². The quantitative estimate of drug-likeness (QED) is 0.440. The van der Waals surface area contributed by atoms with E-state index in [1.54, 1.807) is 0 Å². The van der Waals surface area contributed by atoms with Crippen molar-refractivity contribution < 1.29 is 27.4 Å². The summed E-state index contributed by atoms with van der Waals surface area (Å²) in [6.45, 7) is 1.21. The number of likely N-dealkylation sites (tertiary alicyclic amines) is 1. The zero-order valence-corrected chi connectivity index (χ0v) is 19.6. The number of carbonyl (C=O) groups is 1. The number of hydrogen-bond donors (Lipinski definition) is 0. The Hall–Kier alpha value is -3.40. The van der Waals surface area contributed by atoms with Crippen molar-refractivity contribution in [2.45, 2.75) is 50.6 Å². The van der Waals surface area contributed by atoms with Crippen LogP contribution in [0.25, 0.3) is 11.3 Å². The van der Waals surface area contributed by atoms with Gasteiger partial charge in [0.25, 0.3) is 0 Å². The number of aromatic nitrogens is 3. The lowest BCUT2D eigenvalue weighted by atomic mass is 9.94. The third-order valence-corrected chi connectivity index (χ3v) is 6.56. The molecule has 1 amide bonds. The molecular formula is C26H27F3N4O3. The maximum atomic E-state index is 13.5. The van der Waals surface area contributed by atoms with Gasteiger partial charge >= 0.3 is 12.4 Å². The minimum absolute atomic E-state index is 0.00729.